The number of likely N-dealkylation sites (tertiary alicyclic amines) is 1. The highest BCUT2D eigenvalue weighted by Gasteiger charge is 2.56. The molecule has 2 unspecified atom stereocenters. The van der Waals surface area contributed by atoms with Crippen LogP contribution in [0.15, 0.2) is 0 Å². The summed E-state index contributed by atoms with van der Waals surface area (Å²) in [5.74, 6) is 0. The zero-order chi connectivity index (χ0) is 16.3. The summed E-state index contributed by atoms with van der Waals surface area (Å²) in [4.78, 5) is 14.7. The first-order valence-corrected chi connectivity index (χ1v) is 9.51. The van der Waals surface area contributed by atoms with Gasteiger partial charge in [0.1, 0.15) is 0 Å². The molecule has 0 aromatic heterocycles. The van der Waals surface area contributed by atoms with E-state index in [0.29, 0.717) is 18.2 Å². The normalized spacial score (nSPS) is 31.6. The summed E-state index contributed by atoms with van der Waals surface area (Å²) in [6, 6.07) is 0.659. The minimum Gasteiger partial charge on any atom is -0.378 e. The van der Waals surface area contributed by atoms with Crippen LogP contribution in [0.25, 0.3) is 0 Å². The van der Waals surface area contributed by atoms with Crippen LogP contribution in [0, 0.1) is 5.41 Å². The molecule has 0 aromatic carbocycles. The van der Waals surface area contributed by atoms with Gasteiger partial charge in [-0.2, -0.15) is 0 Å². The maximum atomic E-state index is 12.4. The van der Waals surface area contributed by atoms with E-state index < -0.39 is 0 Å². The Hall–Kier alpha value is -0.810. The van der Waals surface area contributed by atoms with E-state index in [9.17, 15) is 4.79 Å². The van der Waals surface area contributed by atoms with E-state index in [1.54, 1.807) is 0 Å². The third-order valence-electron chi connectivity index (χ3n) is 6.30. The molecule has 132 valence electrons. The van der Waals surface area contributed by atoms with Crippen molar-refractivity contribution in [2.24, 2.45) is 5.41 Å². The van der Waals surface area contributed by atoms with Crippen molar-refractivity contribution in [2.75, 3.05) is 26.7 Å². The molecule has 1 heterocycles. The van der Waals surface area contributed by atoms with Crippen molar-refractivity contribution in [3.05, 3.63) is 0 Å². The number of nitrogens with one attached hydrogen (secondary N) is 2. The van der Waals surface area contributed by atoms with E-state index in [1.165, 1.54) is 32.1 Å². The molecule has 5 heteroatoms. The Labute approximate surface area is 140 Å². The molecule has 23 heavy (non-hydrogen) atoms. The summed E-state index contributed by atoms with van der Waals surface area (Å²) >= 11 is 0. The minimum atomic E-state index is 0.0319. The van der Waals surface area contributed by atoms with Gasteiger partial charge >= 0.3 is 6.03 Å². The molecule has 2 saturated carbocycles. The molecule has 1 aliphatic heterocycles. The fraction of sp³-hybridized carbons (Fsp3) is 0.944. The SMILES string of the molecule is CCOC1CC(NC(=O)NC2CCN(C)CC2)C12CCCCC2. The number of nitrogens with zero attached hydrogens (tertiary/aromatic N) is 1. The monoisotopic (exact) mass is 323 g/mol. The van der Waals surface area contributed by atoms with E-state index in [0.717, 1.165) is 39.0 Å². The summed E-state index contributed by atoms with van der Waals surface area (Å²) in [6.07, 6.45) is 9.73. The Morgan fingerprint density at radius 2 is 1.87 bits per heavy atom. The Morgan fingerprint density at radius 1 is 1.17 bits per heavy atom. The number of hydrogen-bond donors (Lipinski definition) is 2. The van der Waals surface area contributed by atoms with Gasteiger partial charge in [-0.15, -0.1) is 0 Å². The van der Waals surface area contributed by atoms with Crippen LogP contribution >= 0.6 is 0 Å². The van der Waals surface area contributed by atoms with E-state index in [1.807, 2.05) is 0 Å². The minimum absolute atomic E-state index is 0.0319. The first-order chi connectivity index (χ1) is 11.1. The largest absolute Gasteiger partial charge is 0.378 e. The van der Waals surface area contributed by atoms with Crippen molar-refractivity contribution in [3.63, 3.8) is 0 Å². The van der Waals surface area contributed by atoms with Crippen LogP contribution in [0.2, 0.25) is 0 Å². The smallest absolute Gasteiger partial charge is 0.315 e. The fourth-order valence-corrected chi connectivity index (χ4v) is 4.80. The lowest BCUT2D eigenvalue weighted by Gasteiger charge is -2.57. The van der Waals surface area contributed by atoms with Crippen LogP contribution < -0.4 is 10.6 Å². The number of urea groups is 1. The summed E-state index contributed by atoms with van der Waals surface area (Å²) in [5.41, 5.74) is 0.207. The molecule has 0 bridgehead atoms. The van der Waals surface area contributed by atoms with Gasteiger partial charge in [0.05, 0.1) is 6.10 Å². The molecule has 3 rings (SSSR count). The van der Waals surface area contributed by atoms with Gasteiger partial charge in [-0.3, -0.25) is 0 Å². The quantitative estimate of drug-likeness (QED) is 0.836. The van der Waals surface area contributed by atoms with E-state index in [-0.39, 0.29) is 11.4 Å². The Balaban J connectivity index is 1.51. The van der Waals surface area contributed by atoms with Crippen molar-refractivity contribution in [1.82, 2.24) is 15.5 Å². The molecule has 5 nitrogen and oxygen atoms in total. The molecule has 1 spiro atoms. The van der Waals surface area contributed by atoms with E-state index in [4.69, 9.17) is 4.74 Å². The summed E-state index contributed by atoms with van der Waals surface area (Å²) in [5, 5.41) is 6.47. The Kier molecular flexibility index (Phi) is 5.47. The van der Waals surface area contributed by atoms with Gasteiger partial charge < -0.3 is 20.3 Å². The zero-order valence-electron chi connectivity index (χ0n) is 14.8. The van der Waals surface area contributed by atoms with Crippen molar-refractivity contribution in [1.29, 1.82) is 0 Å². The average Bonchev–Trinajstić information content (AvgIpc) is 2.57. The molecule has 0 aromatic rings. The van der Waals surface area contributed by atoms with Crippen molar-refractivity contribution < 1.29 is 9.53 Å². The van der Waals surface area contributed by atoms with Gasteiger partial charge in [-0.25, -0.2) is 4.79 Å². The molecule has 2 N–H and O–H groups in total. The van der Waals surface area contributed by atoms with Gasteiger partial charge in [0.25, 0.3) is 0 Å². The maximum absolute atomic E-state index is 12.4. The predicted octanol–water partition coefficient (Wildman–Crippen LogP) is 2.51. The maximum Gasteiger partial charge on any atom is 0.315 e. The molecule has 2 amide bonds. The molecule has 0 radical (unpaired) electrons. The average molecular weight is 323 g/mol. The van der Waals surface area contributed by atoms with E-state index in [2.05, 4.69) is 29.5 Å². The Bertz CT molecular complexity index is 401. The highest BCUT2D eigenvalue weighted by molar-refractivity contribution is 5.75. The van der Waals surface area contributed by atoms with Gasteiger partial charge in [0.15, 0.2) is 0 Å². The molecular weight excluding hydrogens is 290 g/mol. The summed E-state index contributed by atoms with van der Waals surface area (Å²) in [7, 11) is 2.14. The first-order valence-electron chi connectivity index (χ1n) is 9.51. The second-order valence-corrected chi connectivity index (χ2v) is 7.72. The predicted molar refractivity (Wildman–Crippen MR) is 91.5 cm³/mol. The van der Waals surface area contributed by atoms with E-state index >= 15 is 0 Å². The molecule has 2 aliphatic carbocycles. The summed E-state index contributed by atoms with van der Waals surface area (Å²) < 4.78 is 5.97. The zero-order valence-corrected chi connectivity index (χ0v) is 14.8. The molecular formula is C18H33N3O2. The number of carbonyl (C=O) groups excluding carboxylic acids is 1. The number of hydrogen-bond acceptors (Lipinski definition) is 3. The Morgan fingerprint density at radius 3 is 2.52 bits per heavy atom. The second kappa shape index (κ2) is 7.39. The molecule has 2 atom stereocenters. The number of amides is 2. The topological polar surface area (TPSA) is 53.6 Å². The number of rotatable bonds is 4. The lowest BCUT2D eigenvalue weighted by molar-refractivity contribution is -0.146. The van der Waals surface area contributed by atoms with Crippen LogP contribution in [-0.4, -0.2) is 55.9 Å². The van der Waals surface area contributed by atoms with Gasteiger partial charge in [-0.1, -0.05) is 19.3 Å². The van der Waals surface area contributed by atoms with Gasteiger partial charge in [-0.05, 0) is 59.2 Å². The third kappa shape index (κ3) is 3.66. The molecule has 3 fully saturated rings. The van der Waals surface area contributed by atoms with Crippen LogP contribution in [0.1, 0.15) is 58.3 Å². The number of piperidine rings is 1. The highest BCUT2D eigenvalue weighted by Crippen LogP contribution is 2.53. The lowest BCUT2D eigenvalue weighted by Crippen LogP contribution is -2.66. The highest BCUT2D eigenvalue weighted by atomic mass is 16.5. The van der Waals surface area contributed by atoms with Crippen molar-refractivity contribution in [3.8, 4) is 0 Å². The van der Waals surface area contributed by atoms with Crippen LogP contribution in [-0.2, 0) is 4.74 Å². The molecule has 1 saturated heterocycles. The molecule has 3 aliphatic rings. The van der Waals surface area contributed by atoms with Gasteiger partial charge in [0, 0.05) is 24.1 Å². The van der Waals surface area contributed by atoms with Crippen molar-refractivity contribution in [2.45, 2.75) is 76.5 Å². The van der Waals surface area contributed by atoms with Crippen molar-refractivity contribution >= 4 is 6.03 Å². The lowest BCUT2D eigenvalue weighted by atomic mass is 9.55. The standard InChI is InChI=1S/C18H33N3O2/c1-3-23-16-13-15(18(16)9-5-4-6-10-18)20-17(22)19-14-7-11-21(2)12-8-14/h14-16H,3-13H2,1-2H3,(H2,19,20,22). The number of ether oxygens (including phenoxy) is 1. The first kappa shape index (κ1) is 17.0. The second-order valence-electron chi connectivity index (χ2n) is 7.72. The fourth-order valence-electron chi connectivity index (χ4n) is 4.80. The van der Waals surface area contributed by atoms with Crippen LogP contribution in [0.4, 0.5) is 4.79 Å². The van der Waals surface area contributed by atoms with Gasteiger partial charge in [0.2, 0.25) is 0 Å². The summed E-state index contributed by atoms with van der Waals surface area (Å²) in [6.45, 7) is 5.00. The number of carbonyl (C=O) groups is 1. The van der Waals surface area contributed by atoms with Crippen LogP contribution in [0.3, 0.4) is 0 Å². The third-order valence-corrected chi connectivity index (χ3v) is 6.30. The van der Waals surface area contributed by atoms with Crippen LogP contribution in [0.5, 0.6) is 0 Å².